The highest BCUT2D eigenvalue weighted by Gasteiger charge is 2.12. The molecule has 1 aromatic heterocycles. The molecular weight excluding hydrogens is 320 g/mol. The van der Waals surface area contributed by atoms with E-state index in [0.29, 0.717) is 18.7 Å². The first-order valence-electron chi connectivity index (χ1n) is 8.06. The molecule has 4 nitrogen and oxygen atoms in total. The Balaban J connectivity index is 1.78. The molecular formula is C19H24N2O2S. The van der Waals surface area contributed by atoms with Crippen LogP contribution in [0.1, 0.15) is 16.8 Å². The van der Waals surface area contributed by atoms with Crippen molar-refractivity contribution in [2.45, 2.75) is 25.2 Å². The number of nitrogens with one attached hydrogen (secondary N) is 1. The molecule has 0 spiro atoms. The molecule has 0 aliphatic heterocycles. The summed E-state index contributed by atoms with van der Waals surface area (Å²) in [5.74, 6) is 0.349. The van der Waals surface area contributed by atoms with Crippen LogP contribution in [0.25, 0.3) is 0 Å². The molecule has 2 aromatic rings. The van der Waals surface area contributed by atoms with Crippen molar-refractivity contribution >= 4 is 17.7 Å². The van der Waals surface area contributed by atoms with Gasteiger partial charge >= 0.3 is 0 Å². The summed E-state index contributed by atoms with van der Waals surface area (Å²) in [5.41, 5.74) is 3.30. The van der Waals surface area contributed by atoms with Crippen molar-refractivity contribution in [3.63, 3.8) is 0 Å². The molecule has 2 rings (SSSR count). The molecule has 0 saturated carbocycles. The summed E-state index contributed by atoms with van der Waals surface area (Å²) in [5, 5.41) is 12.4. The first-order valence-corrected chi connectivity index (χ1v) is 9.04. The number of thioether (sulfide) groups is 1. The van der Waals surface area contributed by atoms with Gasteiger partial charge in [0.25, 0.3) is 0 Å². The summed E-state index contributed by atoms with van der Waals surface area (Å²) in [6.45, 7) is 4.58. The third-order valence-electron chi connectivity index (χ3n) is 3.77. The Morgan fingerprint density at radius 2 is 2.12 bits per heavy atom. The number of rotatable bonds is 8. The van der Waals surface area contributed by atoms with E-state index in [2.05, 4.69) is 28.5 Å². The Kier molecular flexibility index (Phi) is 7.28. The first-order chi connectivity index (χ1) is 11.6. The number of aryl methyl sites for hydroxylation is 2. The van der Waals surface area contributed by atoms with Gasteiger partial charge in [0, 0.05) is 35.9 Å². The average Bonchev–Trinajstić information content (AvgIpc) is 2.60. The van der Waals surface area contributed by atoms with Gasteiger partial charge in [0.2, 0.25) is 5.91 Å². The van der Waals surface area contributed by atoms with Crippen molar-refractivity contribution in [3.05, 3.63) is 59.4 Å². The van der Waals surface area contributed by atoms with Crippen LogP contribution in [0.4, 0.5) is 0 Å². The molecule has 1 amide bonds. The summed E-state index contributed by atoms with van der Waals surface area (Å²) < 4.78 is 0. The maximum absolute atomic E-state index is 12.1. The molecule has 0 bridgehead atoms. The van der Waals surface area contributed by atoms with E-state index in [9.17, 15) is 9.90 Å². The Hall–Kier alpha value is -1.85. The SMILES string of the molecule is Cc1ccc(C)c(SCC(=O)NCC(CO)Cc2ccccn2)c1. The van der Waals surface area contributed by atoms with Gasteiger partial charge in [-0.15, -0.1) is 11.8 Å². The van der Waals surface area contributed by atoms with Crippen molar-refractivity contribution in [3.8, 4) is 0 Å². The van der Waals surface area contributed by atoms with Crippen LogP contribution in [0.2, 0.25) is 0 Å². The minimum Gasteiger partial charge on any atom is -0.396 e. The van der Waals surface area contributed by atoms with Crippen molar-refractivity contribution < 1.29 is 9.90 Å². The zero-order valence-corrected chi connectivity index (χ0v) is 15.0. The molecule has 1 aromatic carbocycles. The van der Waals surface area contributed by atoms with E-state index in [1.54, 1.807) is 18.0 Å². The fourth-order valence-electron chi connectivity index (χ4n) is 2.33. The van der Waals surface area contributed by atoms with Crippen molar-refractivity contribution in [2.75, 3.05) is 18.9 Å². The highest BCUT2D eigenvalue weighted by atomic mass is 32.2. The van der Waals surface area contributed by atoms with E-state index in [4.69, 9.17) is 0 Å². The predicted molar refractivity (Wildman–Crippen MR) is 98.2 cm³/mol. The van der Waals surface area contributed by atoms with Gasteiger partial charge in [-0.2, -0.15) is 0 Å². The van der Waals surface area contributed by atoms with E-state index < -0.39 is 0 Å². The maximum Gasteiger partial charge on any atom is 0.230 e. The molecule has 0 aliphatic carbocycles. The van der Waals surface area contributed by atoms with Crippen molar-refractivity contribution in [1.29, 1.82) is 0 Å². The number of amides is 1. The summed E-state index contributed by atoms with van der Waals surface area (Å²) in [7, 11) is 0. The first kappa shape index (κ1) is 18.5. The van der Waals surface area contributed by atoms with Gasteiger partial charge in [-0.05, 0) is 44.0 Å². The molecule has 24 heavy (non-hydrogen) atoms. The van der Waals surface area contributed by atoms with Gasteiger partial charge in [-0.25, -0.2) is 0 Å². The molecule has 1 unspecified atom stereocenters. The Morgan fingerprint density at radius 3 is 2.83 bits per heavy atom. The monoisotopic (exact) mass is 344 g/mol. The summed E-state index contributed by atoms with van der Waals surface area (Å²) in [6.07, 6.45) is 2.39. The fourth-order valence-corrected chi connectivity index (χ4v) is 3.28. The van der Waals surface area contributed by atoms with Crippen molar-refractivity contribution in [1.82, 2.24) is 10.3 Å². The normalized spacial score (nSPS) is 12.0. The van der Waals surface area contributed by atoms with Crippen LogP contribution in [0.5, 0.6) is 0 Å². The van der Waals surface area contributed by atoms with Crippen LogP contribution >= 0.6 is 11.8 Å². The lowest BCUT2D eigenvalue weighted by atomic mass is 10.0. The number of aliphatic hydroxyl groups excluding tert-OH is 1. The molecule has 1 heterocycles. The molecule has 128 valence electrons. The van der Waals surface area contributed by atoms with Crippen LogP contribution in [-0.4, -0.2) is 34.9 Å². The number of hydrogen-bond donors (Lipinski definition) is 2. The second-order valence-electron chi connectivity index (χ2n) is 5.94. The number of carbonyl (C=O) groups is 1. The van der Waals surface area contributed by atoms with Gasteiger partial charge in [-0.3, -0.25) is 9.78 Å². The topological polar surface area (TPSA) is 62.2 Å². The smallest absolute Gasteiger partial charge is 0.230 e. The fraction of sp³-hybridized carbons (Fsp3) is 0.368. The number of hydrogen-bond acceptors (Lipinski definition) is 4. The highest BCUT2D eigenvalue weighted by molar-refractivity contribution is 8.00. The van der Waals surface area contributed by atoms with Crippen molar-refractivity contribution in [2.24, 2.45) is 5.92 Å². The second-order valence-corrected chi connectivity index (χ2v) is 6.95. The van der Waals surface area contributed by atoms with Gasteiger partial charge in [0.05, 0.1) is 5.75 Å². The molecule has 0 radical (unpaired) electrons. The zero-order chi connectivity index (χ0) is 17.4. The zero-order valence-electron chi connectivity index (χ0n) is 14.2. The van der Waals surface area contributed by atoms with Gasteiger partial charge in [-0.1, -0.05) is 23.8 Å². The highest BCUT2D eigenvalue weighted by Crippen LogP contribution is 2.23. The molecule has 2 N–H and O–H groups in total. The minimum absolute atomic E-state index is 0.0135. The molecule has 0 saturated heterocycles. The molecule has 5 heteroatoms. The van der Waals surface area contributed by atoms with Gasteiger partial charge in [0.15, 0.2) is 0 Å². The van der Waals surface area contributed by atoms with E-state index in [0.717, 1.165) is 10.6 Å². The van der Waals surface area contributed by atoms with Crippen LogP contribution in [0.15, 0.2) is 47.5 Å². The average molecular weight is 344 g/mol. The third-order valence-corrected chi connectivity index (χ3v) is 4.93. The van der Waals surface area contributed by atoms with Crippen LogP contribution in [0, 0.1) is 19.8 Å². The standard InChI is InChI=1S/C19H24N2O2S/c1-14-6-7-15(2)18(9-14)24-13-19(23)21-11-16(12-22)10-17-5-3-4-8-20-17/h3-9,16,22H,10-13H2,1-2H3,(H,21,23). The Bertz CT molecular complexity index is 662. The number of nitrogens with zero attached hydrogens (tertiary/aromatic N) is 1. The Morgan fingerprint density at radius 1 is 1.29 bits per heavy atom. The maximum atomic E-state index is 12.1. The quantitative estimate of drug-likeness (QED) is 0.723. The number of carbonyl (C=O) groups excluding carboxylic acids is 1. The lowest BCUT2D eigenvalue weighted by molar-refractivity contribution is -0.118. The molecule has 0 aliphatic rings. The van der Waals surface area contributed by atoms with Crippen LogP contribution < -0.4 is 5.32 Å². The van der Waals surface area contributed by atoms with Gasteiger partial charge < -0.3 is 10.4 Å². The second kappa shape index (κ2) is 9.45. The number of benzene rings is 1. The largest absolute Gasteiger partial charge is 0.396 e. The Labute approximate surface area is 147 Å². The lowest BCUT2D eigenvalue weighted by Gasteiger charge is -2.15. The van der Waals surface area contributed by atoms with E-state index in [1.165, 1.54) is 11.1 Å². The number of aliphatic hydroxyl groups is 1. The summed E-state index contributed by atoms with van der Waals surface area (Å²) in [4.78, 5) is 17.5. The third kappa shape index (κ3) is 5.98. The molecule has 0 fully saturated rings. The lowest BCUT2D eigenvalue weighted by Crippen LogP contribution is -2.33. The minimum atomic E-state index is -0.0189. The van der Waals surface area contributed by atoms with E-state index in [-0.39, 0.29) is 18.4 Å². The molecule has 1 atom stereocenters. The van der Waals surface area contributed by atoms with E-state index in [1.807, 2.05) is 32.0 Å². The summed E-state index contributed by atoms with van der Waals surface area (Å²) in [6, 6.07) is 12.0. The number of aromatic nitrogens is 1. The number of pyridine rings is 1. The van der Waals surface area contributed by atoms with E-state index >= 15 is 0 Å². The predicted octanol–water partition coefficient (Wildman–Crippen LogP) is 2.76. The van der Waals surface area contributed by atoms with Crippen LogP contribution in [0.3, 0.4) is 0 Å². The van der Waals surface area contributed by atoms with Gasteiger partial charge in [0.1, 0.15) is 0 Å². The van der Waals surface area contributed by atoms with Crippen LogP contribution in [-0.2, 0) is 11.2 Å². The summed E-state index contributed by atoms with van der Waals surface area (Å²) >= 11 is 1.55.